The van der Waals surface area contributed by atoms with Crippen LogP contribution in [0.25, 0.3) is 0 Å². The molecule has 1 fully saturated rings. The van der Waals surface area contributed by atoms with Crippen molar-refractivity contribution in [2.24, 2.45) is 11.8 Å². The van der Waals surface area contributed by atoms with Gasteiger partial charge in [0.2, 0.25) is 11.8 Å². The van der Waals surface area contributed by atoms with Gasteiger partial charge in [-0.05, 0) is 19.3 Å². The number of amides is 2. The number of hydrogen-bond acceptors (Lipinski definition) is 4. The Hall–Kier alpha value is -1.43. The second-order valence-electron chi connectivity index (χ2n) is 6.16. The minimum absolute atomic E-state index is 0.0237. The zero-order valence-electron chi connectivity index (χ0n) is 13.8. The van der Waals surface area contributed by atoms with Crippen molar-refractivity contribution in [1.29, 1.82) is 0 Å². The van der Waals surface area contributed by atoms with E-state index >= 15 is 0 Å². The van der Waals surface area contributed by atoms with Crippen LogP contribution < -0.4 is 10.6 Å². The van der Waals surface area contributed by atoms with Gasteiger partial charge < -0.3 is 10.6 Å². The SMILES string of the molecule is CCCCNC(=O)[C@@H]1CCCC[C@@H]1C(=O)NCCc1cscn1. The Balaban J connectivity index is 1.81. The quantitative estimate of drug-likeness (QED) is 0.716. The molecule has 0 unspecified atom stereocenters. The van der Waals surface area contributed by atoms with Crippen molar-refractivity contribution in [3.63, 3.8) is 0 Å². The number of carbonyl (C=O) groups is 2. The Labute approximate surface area is 142 Å². The molecule has 1 aliphatic carbocycles. The van der Waals surface area contributed by atoms with E-state index in [0.717, 1.165) is 50.6 Å². The van der Waals surface area contributed by atoms with Gasteiger partial charge in [0.25, 0.3) is 0 Å². The molecular formula is C17H27N3O2S. The third-order valence-corrected chi connectivity index (χ3v) is 5.07. The second kappa shape index (κ2) is 9.65. The number of carbonyl (C=O) groups excluding carboxylic acids is 2. The molecule has 1 heterocycles. The number of thiazole rings is 1. The molecule has 1 aromatic rings. The Bertz CT molecular complexity index is 490. The highest BCUT2D eigenvalue weighted by Gasteiger charge is 2.35. The molecule has 2 N–H and O–H groups in total. The number of unbranched alkanes of at least 4 members (excludes halogenated alkanes) is 1. The predicted octanol–water partition coefficient (Wildman–Crippen LogP) is 2.52. The van der Waals surface area contributed by atoms with Crippen LogP contribution in [0.4, 0.5) is 0 Å². The standard InChI is InChI=1S/C17H27N3O2S/c1-2-3-9-18-16(21)14-6-4-5-7-15(14)17(22)19-10-8-13-11-23-12-20-13/h11-12,14-15H,2-10H2,1H3,(H,18,21)(H,19,22)/t14-,15+/m1/s1. The molecule has 0 radical (unpaired) electrons. The molecule has 6 heteroatoms. The van der Waals surface area contributed by atoms with E-state index in [2.05, 4.69) is 22.5 Å². The van der Waals surface area contributed by atoms with E-state index in [-0.39, 0.29) is 23.7 Å². The van der Waals surface area contributed by atoms with E-state index < -0.39 is 0 Å². The summed E-state index contributed by atoms with van der Waals surface area (Å²) in [5.41, 5.74) is 2.81. The van der Waals surface area contributed by atoms with E-state index in [1.807, 2.05) is 5.38 Å². The van der Waals surface area contributed by atoms with Crippen LogP contribution in [0, 0.1) is 11.8 Å². The minimum atomic E-state index is -0.180. The third-order valence-electron chi connectivity index (χ3n) is 4.43. The first-order valence-corrected chi connectivity index (χ1v) is 9.59. The maximum atomic E-state index is 12.5. The molecule has 1 aliphatic rings. The maximum Gasteiger partial charge on any atom is 0.223 e. The van der Waals surface area contributed by atoms with Gasteiger partial charge in [0.15, 0.2) is 0 Å². The van der Waals surface area contributed by atoms with Crippen LogP contribution in [0.15, 0.2) is 10.9 Å². The second-order valence-corrected chi connectivity index (χ2v) is 6.88. The minimum Gasteiger partial charge on any atom is -0.356 e. The molecule has 0 bridgehead atoms. The smallest absolute Gasteiger partial charge is 0.223 e. The van der Waals surface area contributed by atoms with Gasteiger partial charge in [-0.3, -0.25) is 9.59 Å². The summed E-state index contributed by atoms with van der Waals surface area (Å²) in [6.07, 6.45) is 6.50. The van der Waals surface area contributed by atoms with Crippen LogP contribution in [-0.2, 0) is 16.0 Å². The summed E-state index contributed by atoms with van der Waals surface area (Å²) in [6, 6.07) is 0. The molecule has 2 rings (SSSR count). The highest BCUT2D eigenvalue weighted by atomic mass is 32.1. The van der Waals surface area contributed by atoms with Crippen molar-refractivity contribution in [2.45, 2.75) is 51.9 Å². The van der Waals surface area contributed by atoms with Gasteiger partial charge in [0.1, 0.15) is 0 Å². The average Bonchev–Trinajstić information content (AvgIpc) is 3.08. The largest absolute Gasteiger partial charge is 0.356 e. The van der Waals surface area contributed by atoms with E-state index in [4.69, 9.17) is 0 Å². The highest BCUT2D eigenvalue weighted by molar-refractivity contribution is 7.07. The summed E-state index contributed by atoms with van der Waals surface area (Å²) in [5.74, 6) is -0.269. The highest BCUT2D eigenvalue weighted by Crippen LogP contribution is 2.30. The Morgan fingerprint density at radius 1 is 1.17 bits per heavy atom. The van der Waals surface area contributed by atoms with Crippen molar-refractivity contribution in [3.8, 4) is 0 Å². The Morgan fingerprint density at radius 3 is 2.39 bits per heavy atom. The normalized spacial score (nSPS) is 20.9. The van der Waals surface area contributed by atoms with E-state index in [1.165, 1.54) is 0 Å². The molecule has 23 heavy (non-hydrogen) atoms. The van der Waals surface area contributed by atoms with Gasteiger partial charge in [-0.1, -0.05) is 26.2 Å². The number of rotatable bonds is 8. The lowest BCUT2D eigenvalue weighted by molar-refractivity contribution is -0.136. The molecule has 2 amide bonds. The van der Waals surface area contributed by atoms with Crippen molar-refractivity contribution >= 4 is 23.2 Å². The first-order valence-electron chi connectivity index (χ1n) is 8.65. The third kappa shape index (κ3) is 5.61. The lowest BCUT2D eigenvalue weighted by Gasteiger charge is -2.29. The lowest BCUT2D eigenvalue weighted by Crippen LogP contribution is -2.44. The molecule has 0 aromatic carbocycles. The van der Waals surface area contributed by atoms with Gasteiger partial charge in [0, 0.05) is 36.7 Å². The van der Waals surface area contributed by atoms with Gasteiger partial charge in [-0.15, -0.1) is 11.3 Å². The summed E-state index contributed by atoms with van der Waals surface area (Å²) in [7, 11) is 0. The molecule has 1 saturated carbocycles. The van der Waals surface area contributed by atoms with Crippen LogP contribution in [0.5, 0.6) is 0 Å². The van der Waals surface area contributed by atoms with Gasteiger partial charge in [-0.25, -0.2) is 4.98 Å². The fourth-order valence-electron chi connectivity index (χ4n) is 3.08. The van der Waals surface area contributed by atoms with Crippen LogP contribution in [0.3, 0.4) is 0 Å². The summed E-state index contributed by atoms with van der Waals surface area (Å²) in [5, 5.41) is 7.97. The zero-order valence-corrected chi connectivity index (χ0v) is 14.7. The number of aromatic nitrogens is 1. The number of nitrogens with zero attached hydrogens (tertiary/aromatic N) is 1. The lowest BCUT2D eigenvalue weighted by atomic mass is 9.78. The summed E-state index contributed by atoms with van der Waals surface area (Å²) >= 11 is 1.56. The molecular weight excluding hydrogens is 310 g/mol. The zero-order chi connectivity index (χ0) is 16.5. The van der Waals surface area contributed by atoms with Crippen LogP contribution in [0.2, 0.25) is 0 Å². The predicted molar refractivity (Wildman–Crippen MR) is 92.2 cm³/mol. The van der Waals surface area contributed by atoms with Crippen molar-refractivity contribution < 1.29 is 9.59 Å². The van der Waals surface area contributed by atoms with E-state index in [0.29, 0.717) is 13.1 Å². The Morgan fingerprint density at radius 2 is 1.83 bits per heavy atom. The average molecular weight is 337 g/mol. The first-order chi connectivity index (χ1) is 11.2. The first kappa shape index (κ1) is 17.9. The van der Waals surface area contributed by atoms with Gasteiger partial charge in [-0.2, -0.15) is 0 Å². The molecule has 2 atom stereocenters. The monoisotopic (exact) mass is 337 g/mol. The fraction of sp³-hybridized carbons (Fsp3) is 0.706. The molecule has 0 saturated heterocycles. The molecule has 0 aliphatic heterocycles. The molecule has 128 valence electrons. The molecule has 0 spiro atoms. The van der Waals surface area contributed by atoms with Crippen molar-refractivity contribution in [2.75, 3.05) is 13.1 Å². The van der Waals surface area contributed by atoms with Crippen molar-refractivity contribution in [3.05, 3.63) is 16.6 Å². The summed E-state index contributed by atoms with van der Waals surface area (Å²) in [4.78, 5) is 29.0. The Kier molecular flexibility index (Phi) is 7.52. The maximum absolute atomic E-state index is 12.5. The van der Waals surface area contributed by atoms with Gasteiger partial charge in [0.05, 0.1) is 11.2 Å². The summed E-state index contributed by atoms with van der Waals surface area (Å²) < 4.78 is 0. The molecule has 1 aromatic heterocycles. The number of hydrogen-bond donors (Lipinski definition) is 2. The fourth-order valence-corrected chi connectivity index (χ4v) is 3.68. The van der Waals surface area contributed by atoms with Crippen LogP contribution in [0.1, 0.15) is 51.1 Å². The molecule has 5 nitrogen and oxygen atoms in total. The van der Waals surface area contributed by atoms with Crippen LogP contribution in [-0.4, -0.2) is 29.9 Å². The van der Waals surface area contributed by atoms with Crippen LogP contribution >= 0.6 is 11.3 Å². The van der Waals surface area contributed by atoms with Crippen molar-refractivity contribution in [1.82, 2.24) is 15.6 Å². The number of nitrogens with one attached hydrogen (secondary N) is 2. The topological polar surface area (TPSA) is 71.1 Å². The van der Waals surface area contributed by atoms with E-state index in [9.17, 15) is 9.59 Å². The van der Waals surface area contributed by atoms with E-state index in [1.54, 1.807) is 16.8 Å². The van der Waals surface area contributed by atoms with Gasteiger partial charge >= 0.3 is 0 Å². The summed E-state index contributed by atoms with van der Waals surface area (Å²) in [6.45, 7) is 3.40.